The van der Waals surface area contributed by atoms with E-state index in [4.69, 9.17) is 14.2 Å². The van der Waals surface area contributed by atoms with Gasteiger partial charge in [-0.05, 0) is 41.5 Å². The fraction of sp³-hybridized carbons (Fsp3) is 0.867. The second-order valence-corrected chi connectivity index (χ2v) is 7.41. The van der Waals surface area contributed by atoms with Crippen LogP contribution in [0.25, 0.3) is 0 Å². The molecule has 0 aromatic heterocycles. The van der Waals surface area contributed by atoms with Crippen molar-refractivity contribution in [2.75, 3.05) is 6.61 Å². The molecule has 0 bridgehead atoms. The monoisotopic (exact) mass is 302 g/mol. The Bertz CT molecular complexity index is 390. The number of carbonyl (C=O) groups is 2. The third-order valence-corrected chi connectivity index (χ3v) is 3.04. The van der Waals surface area contributed by atoms with Gasteiger partial charge in [0.25, 0.3) is 0 Å². The van der Waals surface area contributed by atoms with Crippen molar-refractivity contribution in [2.45, 2.75) is 66.5 Å². The molecule has 3 atom stereocenters. The van der Waals surface area contributed by atoms with Crippen LogP contribution in [-0.2, 0) is 23.8 Å². The first-order chi connectivity index (χ1) is 9.41. The maximum absolute atomic E-state index is 11.9. The lowest BCUT2D eigenvalue weighted by atomic mass is 9.97. The van der Waals surface area contributed by atoms with Gasteiger partial charge in [-0.15, -0.1) is 0 Å². The molecule has 6 nitrogen and oxygen atoms in total. The van der Waals surface area contributed by atoms with Crippen molar-refractivity contribution < 1.29 is 28.9 Å². The molecule has 0 saturated carbocycles. The van der Waals surface area contributed by atoms with Crippen molar-refractivity contribution in [3.8, 4) is 0 Å². The molecule has 1 aliphatic rings. The van der Waals surface area contributed by atoms with E-state index in [0.29, 0.717) is 0 Å². The molecule has 0 amide bonds. The summed E-state index contributed by atoms with van der Waals surface area (Å²) >= 11 is 0. The Balaban J connectivity index is 2.59. The fourth-order valence-electron chi connectivity index (χ4n) is 1.65. The zero-order valence-electron chi connectivity index (χ0n) is 13.6. The Morgan fingerprint density at radius 3 is 2.10 bits per heavy atom. The number of aliphatic hydroxyl groups excluding tert-OH is 1. The number of hydrogen-bond acceptors (Lipinski definition) is 6. The highest BCUT2D eigenvalue weighted by Crippen LogP contribution is 2.26. The van der Waals surface area contributed by atoms with Crippen LogP contribution in [0.15, 0.2) is 0 Å². The second kappa shape index (κ2) is 6.32. The Labute approximate surface area is 125 Å². The summed E-state index contributed by atoms with van der Waals surface area (Å²) in [6, 6.07) is 0. The fourth-order valence-corrected chi connectivity index (χ4v) is 1.65. The van der Waals surface area contributed by atoms with Crippen LogP contribution in [0, 0.1) is 10.8 Å². The van der Waals surface area contributed by atoms with Crippen molar-refractivity contribution in [3.63, 3.8) is 0 Å². The molecule has 1 heterocycles. The van der Waals surface area contributed by atoms with Gasteiger partial charge in [-0.2, -0.15) is 0 Å². The smallest absolute Gasteiger partial charge is 0.311 e. The standard InChI is InChI=1S/C15H26O6/c1-14(2,3)12(17)19-8-10-9(7-11(16)20-10)21-13(18)15(4,5)6/h9-11,16H,7-8H2,1-6H3/t9-,10+,11+/m0/s1. The van der Waals surface area contributed by atoms with Crippen LogP contribution in [0.5, 0.6) is 0 Å². The van der Waals surface area contributed by atoms with E-state index in [9.17, 15) is 14.7 Å². The SMILES string of the molecule is CC(C)(C)C(=O)OC[C@H]1O[C@@H](O)C[C@@H]1OC(=O)C(C)(C)C. The Hall–Kier alpha value is -1.14. The van der Waals surface area contributed by atoms with E-state index < -0.39 is 29.3 Å². The van der Waals surface area contributed by atoms with Crippen LogP contribution >= 0.6 is 0 Å². The van der Waals surface area contributed by atoms with Gasteiger partial charge in [0.15, 0.2) is 6.29 Å². The molecule has 0 aromatic rings. The maximum atomic E-state index is 11.9. The normalized spacial score (nSPS) is 26.5. The van der Waals surface area contributed by atoms with E-state index in [1.54, 1.807) is 41.5 Å². The lowest BCUT2D eigenvalue weighted by Gasteiger charge is -2.24. The van der Waals surface area contributed by atoms with Crippen molar-refractivity contribution in [2.24, 2.45) is 10.8 Å². The summed E-state index contributed by atoms with van der Waals surface area (Å²) in [5, 5.41) is 9.56. The predicted octanol–water partition coefficient (Wildman–Crippen LogP) is 1.64. The van der Waals surface area contributed by atoms with E-state index in [1.807, 2.05) is 0 Å². The highest BCUT2D eigenvalue weighted by molar-refractivity contribution is 5.76. The van der Waals surface area contributed by atoms with Crippen molar-refractivity contribution >= 4 is 11.9 Å². The summed E-state index contributed by atoms with van der Waals surface area (Å²) < 4.78 is 15.8. The van der Waals surface area contributed by atoms with Gasteiger partial charge in [0.05, 0.1) is 10.8 Å². The molecule has 1 rings (SSSR count). The second-order valence-electron chi connectivity index (χ2n) is 7.41. The van der Waals surface area contributed by atoms with Crippen LogP contribution in [0.1, 0.15) is 48.0 Å². The minimum absolute atomic E-state index is 0.0464. The van der Waals surface area contributed by atoms with Crippen LogP contribution in [0.4, 0.5) is 0 Å². The summed E-state index contributed by atoms with van der Waals surface area (Å²) in [5.74, 6) is -0.745. The van der Waals surface area contributed by atoms with Gasteiger partial charge in [0.2, 0.25) is 0 Å². The van der Waals surface area contributed by atoms with Gasteiger partial charge in [-0.3, -0.25) is 9.59 Å². The zero-order chi connectivity index (χ0) is 16.4. The van der Waals surface area contributed by atoms with Gasteiger partial charge >= 0.3 is 11.9 Å². The van der Waals surface area contributed by atoms with E-state index in [0.717, 1.165) is 0 Å². The Morgan fingerprint density at radius 1 is 1.10 bits per heavy atom. The number of aliphatic hydroxyl groups is 1. The average molecular weight is 302 g/mol. The van der Waals surface area contributed by atoms with Crippen molar-refractivity contribution in [3.05, 3.63) is 0 Å². The van der Waals surface area contributed by atoms with Crippen LogP contribution < -0.4 is 0 Å². The van der Waals surface area contributed by atoms with Crippen molar-refractivity contribution in [1.29, 1.82) is 0 Å². The molecule has 0 radical (unpaired) electrons. The van der Waals surface area contributed by atoms with E-state index >= 15 is 0 Å². The van der Waals surface area contributed by atoms with Crippen molar-refractivity contribution in [1.82, 2.24) is 0 Å². The molecule has 0 spiro atoms. The predicted molar refractivity (Wildman–Crippen MR) is 75.2 cm³/mol. The highest BCUT2D eigenvalue weighted by atomic mass is 16.7. The number of carbonyl (C=O) groups excluding carboxylic acids is 2. The third-order valence-electron chi connectivity index (χ3n) is 3.04. The molecule has 1 aliphatic heterocycles. The molecular weight excluding hydrogens is 276 g/mol. The first-order valence-electron chi connectivity index (χ1n) is 7.13. The average Bonchev–Trinajstić information content (AvgIpc) is 2.63. The summed E-state index contributed by atoms with van der Waals surface area (Å²) in [5.41, 5.74) is -1.25. The minimum atomic E-state index is -1.01. The zero-order valence-corrected chi connectivity index (χ0v) is 13.6. The van der Waals surface area contributed by atoms with E-state index in [-0.39, 0.29) is 25.0 Å². The Kier molecular flexibility index (Phi) is 5.39. The quantitative estimate of drug-likeness (QED) is 0.798. The lowest BCUT2D eigenvalue weighted by molar-refractivity contribution is -0.170. The van der Waals surface area contributed by atoms with Gasteiger partial charge in [0, 0.05) is 6.42 Å². The molecule has 122 valence electrons. The van der Waals surface area contributed by atoms with Gasteiger partial charge in [0.1, 0.15) is 18.8 Å². The van der Waals surface area contributed by atoms with Crippen LogP contribution in [-0.4, -0.2) is 42.1 Å². The summed E-state index contributed by atoms with van der Waals surface area (Å²) in [7, 11) is 0. The summed E-state index contributed by atoms with van der Waals surface area (Å²) in [6.07, 6.45) is -2.09. The van der Waals surface area contributed by atoms with Crippen LogP contribution in [0.2, 0.25) is 0 Å². The first kappa shape index (κ1) is 17.9. The number of ether oxygens (including phenoxy) is 3. The topological polar surface area (TPSA) is 82.1 Å². The number of rotatable bonds is 3. The number of esters is 2. The maximum Gasteiger partial charge on any atom is 0.311 e. The molecule has 6 heteroatoms. The van der Waals surface area contributed by atoms with Gasteiger partial charge in [-0.25, -0.2) is 0 Å². The number of hydrogen-bond donors (Lipinski definition) is 1. The summed E-state index contributed by atoms with van der Waals surface area (Å²) in [4.78, 5) is 23.6. The molecule has 0 aromatic carbocycles. The van der Waals surface area contributed by atoms with E-state index in [1.165, 1.54) is 0 Å². The van der Waals surface area contributed by atoms with Gasteiger partial charge in [-0.1, -0.05) is 0 Å². The van der Waals surface area contributed by atoms with Crippen LogP contribution in [0.3, 0.4) is 0 Å². The highest BCUT2D eigenvalue weighted by Gasteiger charge is 2.40. The molecule has 1 saturated heterocycles. The molecule has 0 aliphatic carbocycles. The van der Waals surface area contributed by atoms with E-state index in [2.05, 4.69) is 0 Å². The molecular formula is C15H26O6. The molecule has 1 N–H and O–H groups in total. The largest absolute Gasteiger partial charge is 0.462 e. The minimum Gasteiger partial charge on any atom is -0.462 e. The third kappa shape index (κ3) is 5.28. The lowest BCUT2D eigenvalue weighted by Crippen LogP contribution is -2.36. The summed E-state index contributed by atoms with van der Waals surface area (Å²) in [6.45, 7) is 10.4. The Morgan fingerprint density at radius 2 is 1.62 bits per heavy atom. The first-order valence-corrected chi connectivity index (χ1v) is 7.13. The molecule has 0 unspecified atom stereocenters. The molecule has 21 heavy (non-hydrogen) atoms. The van der Waals surface area contributed by atoms with Gasteiger partial charge < -0.3 is 19.3 Å². The molecule has 1 fully saturated rings.